The van der Waals surface area contributed by atoms with Gasteiger partial charge in [-0.15, -0.1) is 23.7 Å². The maximum absolute atomic E-state index is 14.9. The van der Waals surface area contributed by atoms with Gasteiger partial charge in [0.25, 0.3) is 5.91 Å². The van der Waals surface area contributed by atoms with E-state index in [2.05, 4.69) is 15.6 Å². The van der Waals surface area contributed by atoms with Crippen LogP contribution < -0.4 is 15.4 Å². The maximum Gasteiger partial charge on any atom is 0.264 e. The van der Waals surface area contributed by atoms with Gasteiger partial charge in [-0.25, -0.2) is 8.78 Å². The number of pyridine rings is 1. The second kappa shape index (κ2) is 12.5. The summed E-state index contributed by atoms with van der Waals surface area (Å²) >= 11 is 6.40. The number of hydrogen-bond acceptors (Lipinski definition) is 6. The van der Waals surface area contributed by atoms with Crippen LogP contribution in [-0.2, 0) is 11.2 Å². The normalized spacial score (nSPS) is 12.6. The summed E-state index contributed by atoms with van der Waals surface area (Å²) in [5.41, 5.74) is 1.13. The molecule has 2 aromatic heterocycles. The van der Waals surface area contributed by atoms with E-state index < -0.39 is 17.5 Å². The van der Waals surface area contributed by atoms with E-state index in [0.29, 0.717) is 26.5 Å². The number of halogens is 3. The molecule has 3 heterocycles. The Kier molecular flexibility index (Phi) is 9.05. The molecule has 0 unspecified atom stereocenters. The van der Waals surface area contributed by atoms with E-state index in [4.69, 9.17) is 17.0 Å². The molecule has 5 rings (SSSR count). The highest BCUT2D eigenvalue weighted by molar-refractivity contribution is 7.80. The predicted octanol–water partition coefficient (Wildman–Crippen LogP) is 6.08. The van der Waals surface area contributed by atoms with Crippen LogP contribution in [0.5, 0.6) is 11.5 Å². The van der Waals surface area contributed by atoms with Crippen LogP contribution in [0.3, 0.4) is 0 Å². The number of nitrogens with one attached hydrogen (secondary N) is 2. The van der Waals surface area contributed by atoms with Crippen molar-refractivity contribution in [3.8, 4) is 11.5 Å². The molecule has 12 heteroatoms. The number of anilines is 1. The van der Waals surface area contributed by atoms with Crippen molar-refractivity contribution in [1.29, 1.82) is 0 Å². The predicted molar refractivity (Wildman–Crippen MR) is 153 cm³/mol. The summed E-state index contributed by atoms with van der Waals surface area (Å²) < 4.78 is 35.2. The molecular weight excluding hydrogens is 566 g/mol. The second-order valence-electron chi connectivity index (χ2n) is 8.65. The van der Waals surface area contributed by atoms with Crippen molar-refractivity contribution in [1.82, 2.24) is 15.2 Å². The Morgan fingerprint density at radius 1 is 1.03 bits per heavy atom. The lowest BCUT2D eigenvalue weighted by Crippen LogP contribution is -2.35. The molecule has 2 aromatic carbocycles. The van der Waals surface area contributed by atoms with Crippen LogP contribution in [0.1, 0.15) is 28.1 Å². The van der Waals surface area contributed by atoms with Gasteiger partial charge in [0.2, 0.25) is 5.91 Å². The molecule has 202 valence electrons. The van der Waals surface area contributed by atoms with Gasteiger partial charge < -0.3 is 20.3 Å². The summed E-state index contributed by atoms with van der Waals surface area (Å²) in [5, 5.41) is 5.14. The first kappa shape index (κ1) is 28.3. The number of fused-ring (bicyclic) bond motifs is 1. The van der Waals surface area contributed by atoms with Crippen molar-refractivity contribution in [3.05, 3.63) is 82.9 Å². The molecule has 1 fully saturated rings. The van der Waals surface area contributed by atoms with Crippen molar-refractivity contribution in [2.24, 2.45) is 0 Å². The fourth-order valence-corrected chi connectivity index (χ4v) is 5.37. The summed E-state index contributed by atoms with van der Waals surface area (Å²) in [6.07, 6.45) is 3.35. The number of carbonyl (C=O) groups excluding carboxylic acids is 2. The molecule has 0 atom stereocenters. The first-order chi connectivity index (χ1) is 18.4. The molecule has 1 aliphatic heterocycles. The van der Waals surface area contributed by atoms with E-state index in [1.165, 1.54) is 41.7 Å². The van der Waals surface area contributed by atoms with E-state index >= 15 is 0 Å². The number of aromatic nitrogens is 1. The van der Waals surface area contributed by atoms with E-state index in [1.807, 2.05) is 4.90 Å². The first-order valence-electron chi connectivity index (χ1n) is 11.9. The van der Waals surface area contributed by atoms with Gasteiger partial charge in [0.05, 0.1) is 21.5 Å². The van der Waals surface area contributed by atoms with Crippen LogP contribution in [0.2, 0.25) is 0 Å². The van der Waals surface area contributed by atoms with Crippen molar-refractivity contribution in [2.45, 2.75) is 19.3 Å². The molecule has 2 amide bonds. The van der Waals surface area contributed by atoms with Crippen molar-refractivity contribution in [2.75, 3.05) is 18.4 Å². The molecule has 0 saturated carbocycles. The van der Waals surface area contributed by atoms with E-state index in [0.717, 1.165) is 25.9 Å². The summed E-state index contributed by atoms with van der Waals surface area (Å²) in [5.74, 6) is -1.33. The Morgan fingerprint density at radius 2 is 1.79 bits per heavy atom. The van der Waals surface area contributed by atoms with E-state index in [9.17, 15) is 18.4 Å². The molecule has 1 saturated heterocycles. The molecular formula is C27H23ClF2N4O3S2. The Morgan fingerprint density at radius 3 is 2.54 bits per heavy atom. The van der Waals surface area contributed by atoms with Gasteiger partial charge in [-0.3, -0.25) is 14.6 Å². The number of thiophene rings is 1. The lowest BCUT2D eigenvalue weighted by Gasteiger charge is -2.13. The third-order valence-electron chi connectivity index (χ3n) is 5.95. The highest BCUT2D eigenvalue weighted by atomic mass is 35.5. The third-order valence-corrected chi connectivity index (χ3v) is 7.28. The van der Waals surface area contributed by atoms with E-state index in [-0.39, 0.29) is 41.2 Å². The molecule has 0 spiro atoms. The minimum Gasteiger partial charge on any atom is -0.453 e. The van der Waals surface area contributed by atoms with Gasteiger partial charge in [-0.05, 0) is 54.9 Å². The standard InChI is InChI=1S/C27H22F2N4O3S2.ClH/c28-18-6-2-1-5-16(18)13-24(34)32-27(37)31-17-7-8-21(19(29)14-17)36-22-9-10-30-20-15-23(38-25(20)22)26(35)33-11-3-4-12-33;/h1-2,5-10,14-15H,3-4,11-13H2,(H2,31,32,34,37);1H. The van der Waals surface area contributed by atoms with Gasteiger partial charge in [-0.2, -0.15) is 0 Å². The molecule has 4 aromatic rings. The first-order valence-corrected chi connectivity index (χ1v) is 13.1. The zero-order valence-corrected chi connectivity index (χ0v) is 22.9. The smallest absolute Gasteiger partial charge is 0.264 e. The van der Waals surface area contributed by atoms with Crippen LogP contribution in [-0.4, -0.2) is 39.9 Å². The lowest BCUT2D eigenvalue weighted by atomic mass is 10.1. The number of carbonyl (C=O) groups is 2. The number of ether oxygens (including phenoxy) is 1. The minimum atomic E-state index is -0.662. The number of amides is 2. The number of thiocarbonyl (C=S) groups is 1. The highest BCUT2D eigenvalue weighted by Crippen LogP contribution is 2.36. The molecule has 2 N–H and O–H groups in total. The zero-order chi connectivity index (χ0) is 26.6. The zero-order valence-electron chi connectivity index (χ0n) is 20.4. The van der Waals surface area contributed by atoms with Crippen molar-refractivity contribution in [3.63, 3.8) is 0 Å². The SMILES string of the molecule is Cl.O=C(Cc1ccccc1F)NC(=S)Nc1ccc(Oc2ccnc3cc(C(=O)N4CCCC4)sc23)c(F)c1. The molecule has 7 nitrogen and oxygen atoms in total. The summed E-state index contributed by atoms with van der Waals surface area (Å²) in [4.78, 5) is 31.7. The van der Waals surface area contributed by atoms with Gasteiger partial charge in [-0.1, -0.05) is 18.2 Å². The summed E-state index contributed by atoms with van der Waals surface area (Å²) in [7, 11) is 0. The Hall–Kier alpha value is -3.67. The summed E-state index contributed by atoms with van der Waals surface area (Å²) in [6.45, 7) is 1.49. The highest BCUT2D eigenvalue weighted by Gasteiger charge is 2.23. The Balaban J connectivity index is 0.00000353. The third kappa shape index (κ3) is 6.67. The maximum atomic E-state index is 14.9. The Bertz CT molecular complexity index is 1540. The fraction of sp³-hybridized carbons (Fsp3) is 0.185. The van der Waals surface area contributed by atoms with Crippen LogP contribution in [0.25, 0.3) is 10.2 Å². The average molecular weight is 589 g/mol. The Labute approximate surface area is 238 Å². The number of likely N-dealkylation sites (tertiary alicyclic amines) is 1. The van der Waals surface area contributed by atoms with Crippen LogP contribution in [0.15, 0.2) is 60.8 Å². The number of rotatable bonds is 6. The quantitative estimate of drug-likeness (QED) is 0.266. The molecule has 39 heavy (non-hydrogen) atoms. The largest absolute Gasteiger partial charge is 0.453 e. The summed E-state index contributed by atoms with van der Waals surface area (Å²) in [6, 6.07) is 13.5. The van der Waals surface area contributed by atoms with Gasteiger partial charge in [0, 0.05) is 37.1 Å². The molecule has 0 radical (unpaired) electrons. The number of hydrogen-bond donors (Lipinski definition) is 2. The van der Waals surface area contributed by atoms with E-state index in [1.54, 1.807) is 30.5 Å². The van der Waals surface area contributed by atoms with Gasteiger partial charge in [0.15, 0.2) is 16.7 Å². The number of benzene rings is 2. The molecule has 0 aliphatic carbocycles. The van der Waals surface area contributed by atoms with Crippen LogP contribution in [0.4, 0.5) is 14.5 Å². The minimum absolute atomic E-state index is 0. The second-order valence-corrected chi connectivity index (χ2v) is 10.1. The number of nitrogens with zero attached hydrogens (tertiary/aromatic N) is 2. The van der Waals surface area contributed by atoms with Crippen molar-refractivity contribution < 1.29 is 23.1 Å². The fourth-order valence-electron chi connectivity index (χ4n) is 4.10. The average Bonchev–Trinajstić information content (AvgIpc) is 3.57. The van der Waals surface area contributed by atoms with Gasteiger partial charge >= 0.3 is 0 Å². The topological polar surface area (TPSA) is 83.6 Å². The van der Waals surface area contributed by atoms with Gasteiger partial charge in [0.1, 0.15) is 11.6 Å². The van der Waals surface area contributed by atoms with Crippen LogP contribution in [0, 0.1) is 11.6 Å². The molecule has 0 bridgehead atoms. The molecule has 1 aliphatic rings. The monoisotopic (exact) mass is 588 g/mol. The van der Waals surface area contributed by atoms with Crippen LogP contribution >= 0.6 is 36.0 Å². The lowest BCUT2D eigenvalue weighted by molar-refractivity contribution is -0.119. The van der Waals surface area contributed by atoms with Crippen molar-refractivity contribution >= 4 is 68.8 Å².